The molecule has 3 aromatic rings. The van der Waals surface area contributed by atoms with Crippen LogP contribution in [0.1, 0.15) is 11.1 Å². The molecule has 0 saturated heterocycles. The summed E-state index contributed by atoms with van der Waals surface area (Å²) < 4.78 is 27.6. The molecule has 8 heteroatoms. The van der Waals surface area contributed by atoms with Gasteiger partial charge in [-0.1, -0.05) is 80.0 Å². The average molecular weight is 565 g/mol. The fourth-order valence-corrected chi connectivity index (χ4v) is 7.12. The SMILES string of the molecule is O=C1Nc2ccc(S(=O)(=O)Cc3c(Br)cccc3Br)cc2S/C1=C/c1ccccc1. The first-order valence-corrected chi connectivity index (χ1v) is 12.9. The van der Waals surface area contributed by atoms with Crippen LogP contribution >= 0.6 is 43.6 Å². The second-order valence-electron chi connectivity index (χ2n) is 6.59. The fraction of sp³-hybridized carbons (Fsp3) is 0.0455. The predicted octanol–water partition coefficient (Wildman–Crippen LogP) is 6.27. The summed E-state index contributed by atoms with van der Waals surface area (Å²) in [6.45, 7) is 0. The van der Waals surface area contributed by atoms with Crippen molar-refractivity contribution in [2.24, 2.45) is 0 Å². The lowest BCUT2D eigenvalue weighted by Crippen LogP contribution is -2.17. The van der Waals surface area contributed by atoms with E-state index in [0.717, 1.165) is 14.5 Å². The van der Waals surface area contributed by atoms with Crippen molar-refractivity contribution in [3.63, 3.8) is 0 Å². The summed E-state index contributed by atoms with van der Waals surface area (Å²) in [7, 11) is -3.59. The molecular weight excluding hydrogens is 550 g/mol. The molecule has 0 fully saturated rings. The molecule has 0 spiro atoms. The van der Waals surface area contributed by atoms with E-state index in [1.807, 2.05) is 48.5 Å². The Bertz CT molecular complexity index is 1250. The number of nitrogens with one attached hydrogen (secondary N) is 1. The molecule has 30 heavy (non-hydrogen) atoms. The molecule has 1 amide bonds. The highest BCUT2D eigenvalue weighted by Gasteiger charge is 2.25. The van der Waals surface area contributed by atoms with E-state index in [0.29, 0.717) is 21.1 Å². The molecule has 0 radical (unpaired) electrons. The Kier molecular flexibility index (Phi) is 6.20. The van der Waals surface area contributed by atoms with Crippen LogP contribution in [0.3, 0.4) is 0 Å². The van der Waals surface area contributed by atoms with E-state index >= 15 is 0 Å². The van der Waals surface area contributed by atoms with Crippen molar-refractivity contribution in [2.75, 3.05) is 5.32 Å². The molecule has 1 N–H and O–H groups in total. The summed E-state index contributed by atoms with van der Waals surface area (Å²) in [5, 5.41) is 2.84. The molecule has 0 unspecified atom stereocenters. The first kappa shape index (κ1) is 21.4. The Morgan fingerprint density at radius 2 is 1.63 bits per heavy atom. The Balaban J connectivity index is 1.66. The average Bonchev–Trinajstić information content (AvgIpc) is 2.72. The van der Waals surface area contributed by atoms with Crippen LogP contribution in [0.15, 0.2) is 90.4 Å². The van der Waals surface area contributed by atoms with Crippen LogP contribution < -0.4 is 5.32 Å². The van der Waals surface area contributed by atoms with E-state index in [1.54, 1.807) is 18.2 Å². The van der Waals surface area contributed by atoms with E-state index in [1.165, 1.54) is 17.8 Å². The summed E-state index contributed by atoms with van der Waals surface area (Å²) >= 11 is 8.12. The van der Waals surface area contributed by atoms with Gasteiger partial charge in [0.1, 0.15) is 0 Å². The third-order valence-electron chi connectivity index (χ3n) is 4.50. The number of fused-ring (bicyclic) bond motifs is 1. The van der Waals surface area contributed by atoms with Crippen molar-refractivity contribution >= 4 is 71.1 Å². The van der Waals surface area contributed by atoms with Crippen LogP contribution in [0.4, 0.5) is 5.69 Å². The maximum Gasteiger partial charge on any atom is 0.262 e. The summed E-state index contributed by atoms with van der Waals surface area (Å²) in [5.41, 5.74) is 2.18. The van der Waals surface area contributed by atoms with Gasteiger partial charge in [0.15, 0.2) is 9.84 Å². The van der Waals surface area contributed by atoms with Crippen molar-refractivity contribution in [3.05, 3.63) is 91.7 Å². The second-order valence-corrected chi connectivity index (χ2v) is 11.4. The van der Waals surface area contributed by atoms with Crippen molar-refractivity contribution in [2.45, 2.75) is 15.5 Å². The molecule has 0 aromatic heterocycles. The quantitative estimate of drug-likeness (QED) is 0.379. The van der Waals surface area contributed by atoms with Gasteiger partial charge >= 0.3 is 0 Å². The van der Waals surface area contributed by atoms with E-state index < -0.39 is 9.84 Å². The molecular formula is C22H15Br2NO3S2. The number of halogens is 2. The largest absolute Gasteiger partial charge is 0.320 e. The van der Waals surface area contributed by atoms with Crippen molar-refractivity contribution in [1.82, 2.24) is 0 Å². The maximum atomic E-state index is 13.1. The lowest BCUT2D eigenvalue weighted by molar-refractivity contribution is -0.112. The molecule has 0 saturated carbocycles. The fourth-order valence-electron chi connectivity index (χ4n) is 2.97. The Hall–Kier alpha value is -1.87. The smallest absolute Gasteiger partial charge is 0.262 e. The number of thioether (sulfide) groups is 1. The molecule has 1 aliphatic rings. The van der Waals surface area contributed by atoms with Gasteiger partial charge in [0.25, 0.3) is 5.91 Å². The lowest BCUT2D eigenvalue weighted by atomic mass is 10.2. The number of sulfone groups is 1. The van der Waals surface area contributed by atoms with E-state index in [9.17, 15) is 13.2 Å². The van der Waals surface area contributed by atoms with Gasteiger partial charge < -0.3 is 5.32 Å². The number of rotatable bonds is 4. The number of carbonyl (C=O) groups excluding carboxylic acids is 1. The third-order valence-corrected chi connectivity index (χ3v) is 8.71. The number of anilines is 1. The van der Waals surface area contributed by atoms with Crippen LogP contribution in [0, 0.1) is 0 Å². The molecule has 4 nitrogen and oxygen atoms in total. The topological polar surface area (TPSA) is 63.2 Å². The van der Waals surface area contributed by atoms with E-state index in [2.05, 4.69) is 37.2 Å². The Morgan fingerprint density at radius 3 is 2.33 bits per heavy atom. The minimum atomic E-state index is -3.59. The Morgan fingerprint density at radius 1 is 0.933 bits per heavy atom. The second kappa shape index (κ2) is 8.70. The zero-order chi connectivity index (χ0) is 21.3. The normalized spacial score (nSPS) is 15.0. The molecule has 1 heterocycles. The minimum absolute atomic E-state index is 0.141. The van der Waals surface area contributed by atoms with Crippen LogP contribution in [0.2, 0.25) is 0 Å². The molecule has 3 aromatic carbocycles. The van der Waals surface area contributed by atoms with Gasteiger partial charge in [-0.2, -0.15) is 0 Å². The highest BCUT2D eigenvalue weighted by Crippen LogP contribution is 2.40. The van der Waals surface area contributed by atoms with Crippen LogP contribution in [0.5, 0.6) is 0 Å². The number of hydrogen-bond acceptors (Lipinski definition) is 4. The molecule has 4 rings (SSSR count). The molecule has 152 valence electrons. The summed E-state index contributed by atoms with van der Waals surface area (Å²) in [6.07, 6.45) is 1.79. The molecule has 1 aliphatic heterocycles. The van der Waals surface area contributed by atoms with Gasteiger partial charge in [0, 0.05) is 13.8 Å². The zero-order valence-electron chi connectivity index (χ0n) is 15.4. The van der Waals surface area contributed by atoms with Gasteiger partial charge in [0.2, 0.25) is 0 Å². The Labute approximate surface area is 196 Å². The predicted molar refractivity (Wildman–Crippen MR) is 128 cm³/mol. The first-order chi connectivity index (χ1) is 14.3. The van der Waals surface area contributed by atoms with Gasteiger partial charge in [-0.3, -0.25) is 4.79 Å². The molecule has 0 atom stereocenters. The third kappa shape index (κ3) is 4.56. The standard InChI is InChI=1S/C22H15Br2NO3S2/c23-17-7-4-8-18(24)16(17)13-30(27,28)15-9-10-19-20(12-15)29-21(22(26)25-19)11-14-5-2-1-3-6-14/h1-12H,13H2,(H,25,26)/b21-11+. The van der Waals surface area contributed by atoms with Crippen LogP contribution in [0.25, 0.3) is 6.08 Å². The number of carbonyl (C=O) groups is 1. The first-order valence-electron chi connectivity index (χ1n) is 8.89. The maximum absolute atomic E-state index is 13.1. The van der Waals surface area contributed by atoms with Crippen LogP contribution in [-0.2, 0) is 20.4 Å². The summed E-state index contributed by atoms with van der Waals surface area (Å²) in [6, 6.07) is 19.8. The number of amides is 1. The van der Waals surface area contributed by atoms with Crippen molar-refractivity contribution in [3.8, 4) is 0 Å². The zero-order valence-corrected chi connectivity index (χ0v) is 20.2. The van der Waals surface area contributed by atoms with E-state index in [-0.39, 0.29) is 16.6 Å². The summed E-state index contributed by atoms with van der Waals surface area (Å²) in [4.78, 5) is 13.9. The number of benzene rings is 3. The monoisotopic (exact) mass is 563 g/mol. The van der Waals surface area contributed by atoms with Gasteiger partial charge in [-0.25, -0.2) is 8.42 Å². The van der Waals surface area contributed by atoms with Gasteiger partial charge in [-0.05, 0) is 47.5 Å². The summed E-state index contributed by atoms with van der Waals surface area (Å²) in [5.74, 6) is -0.346. The van der Waals surface area contributed by atoms with Gasteiger partial charge in [0.05, 0.1) is 21.2 Å². The molecule has 0 aliphatic carbocycles. The lowest BCUT2D eigenvalue weighted by Gasteiger charge is -2.19. The minimum Gasteiger partial charge on any atom is -0.320 e. The number of hydrogen-bond donors (Lipinski definition) is 1. The van der Waals surface area contributed by atoms with Crippen molar-refractivity contribution in [1.29, 1.82) is 0 Å². The van der Waals surface area contributed by atoms with Crippen molar-refractivity contribution < 1.29 is 13.2 Å². The van der Waals surface area contributed by atoms with Crippen LogP contribution in [-0.4, -0.2) is 14.3 Å². The highest BCUT2D eigenvalue weighted by atomic mass is 79.9. The van der Waals surface area contributed by atoms with E-state index in [4.69, 9.17) is 0 Å². The van der Waals surface area contributed by atoms with Gasteiger partial charge in [-0.15, -0.1) is 0 Å². The molecule has 0 bridgehead atoms. The highest BCUT2D eigenvalue weighted by molar-refractivity contribution is 9.11.